The predicted octanol–water partition coefficient (Wildman–Crippen LogP) is 3.35. The van der Waals surface area contributed by atoms with Crippen molar-refractivity contribution in [2.45, 2.75) is 20.4 Å². The van der Waals surface area contributed by atoms with Crippen LogP contribution in [-0.4, -0.2) is 55.8 Å². The van der Waals surface area contributed by atoms with Crippen LogP contribution in [0.25, 0.3) is 0 Å². The van der Waals surface area contributed by atoms with Crippen molar-refractivity contribution in [1.29, 1.82) is 0 Å². The van der Waals surface area contributed by atoms with E-state index in [0.29, 0.717) is 0 Å². The third-order valence-corrected chi connectivity index (χ3v) is 9.00. The van der Waals surface area contributed by atoms with Gasteiger partial charge < -0.3 is 0 Å². The molecule has 2 rings (SSSR count). The van der Waals surface area contributed by atoms with E-state index in [1.165, 1.54) is 24.1 Å². The summed E-state index contributed by atoms with van der Waals surface area (Å²) in [5.74, 6) is 1.90. The SMILES string of the molecule is CN1C(Cl)CSC1SOSC1SCC(Cl)N1C. The molecule has 4 unspecified atom stereocenters. The zero-order chi connectivity index (χ0) is 12.4. The van der Waals surface area contributed by atoms with Crippen molar-refractivity contribution >= 4 is 70.8 Å². The van der Waals surface area contributed by atoms with Crippen LogP contribution in [0.2, 0.25) is 0 Å². The lowest BCUT2D eigenvalue weighted by Gasteiger charge is -2.21. The Morgan fingerprint density at radius 1 is 1.00 bits per heavy atom. The molecule has 0 aliphatic carbocycles. The number of thioether (sulfide) groups is 2. The minimum Gasteiger partial charge on any atom is -0.267 e. The van der Waals surface area contributed by atoms with Gasteiger partial charge in [0.05, 0.1) is 11.0 Å². The van der Waals surface area contributed by atoms with Gasteiger partial charge in [-0.2, -0.15) is 0 Å². The molecule has 9 heteroatoms. The third-order valence-electron chi connectivity index (χ3n) is 2.54. The van der Waals surface area contributed by atoms with E-state index < -0.39 is 0 Å². The first kappa shape index (κ1) is 15.3. The second-order valence-electron chi connectivity index (χ2n) is 3.74. The van der Waals surface area contributed by atoms with Crippen LogP contribution in [0.15, 0.2) is 0 Å². The molecule has 0 amide bonds. The van der Waals surface area contributed by atoms with Gasteiger partial charge in [0.1, 0.15) is 9.41 Å². The molecule has 17 heavy (non-hydrogen) atoms. The van der Waals surface area contributed by atoms with Gasteiger partial charge in [-0.15, -0.1) is 46.7 Å². The molecule has 2 aliphatic rings. The molecule has 0 aromatic carbocycles. The minimum atomic E-state index is 0.113. The summed E-state index contributed by atoms with van der Waals surface area (Å²) in [7, 11) is 4.04. The summed E-state index contributed by atoms with van der Waals surface area (Å²) in [6, 6.07) is 0. The van der Waals surface area contributed by atoms with Crippen molar-refractivity contribution in [3.8, 4) is 0 Å². The van der Waals surface area contributed by atoms with Crippen molar-refractivity contribution in [3.63, 3.8) is 0 Å². The van der Waals surface area contributed by atoms with E-state index in [1.807, 2.05) is 37.6 Å². The van der Waals surface area contributed by atoms with Gasteiger partial charge >= 0.3 is 0 Å². The third kappa shape index (κ3) is 3.92. The van der Waals surface area contributed by atoms with Crippen molar-refractivity contribution in [3.05, 3.63) is 0 Å². The van der Waals surface area contributed by atoms with E-state index in [1.54, 1.807) is 0 Å². The summed E-state index contributed by atoms with van der Waals surface area (Å²) in [5, 5.41) is 0. The maximum atomic E-state index is 6.11. The van der Waals surface area contributed by atoms with Crippen molar-refractivity contribution in [2.24, 2.45) is 0 Å². The van der Waals surface area contributed by atoms with Crippen LogP contribution in [0.1, 0.15) is 0 Å². The van der Waals surface area contributed by atoms with Gasteiger partial charge in [0.25, 0.3) is 0 Å². The Balaban J connectivity index is 1.66. The quantitative estimate of drug-likeness (QED) is 0.432. The molecule has 100 valence electrons. The number of alkyl halides is 2. The molecule has 0 N–H and O–H groups in total. The molecule has 2 fully saturated rings. The fraction of sp³-hybridized carbons (Fsp3) is 1.00. The highest BCUT2D eigenvalue weighted by atomic mass is 35.5. The maximum absolute atomic E-state index is 6.11. The van der Waals surface area contributed by atoms with Gasteiger partial charge in [-0.1, -0.05) is 0 Å². The van der Waals surface area contributed by atoms with Crippen LogP contribution in [0.4, 0.5) is 0 Å². The summed E-state index contributed by atoms with van der Waals surface area (Å²) in [6.45, 7) is 0. The number of hydrogen-bond acceptors (Lipinski definition) is 7. The molecule has 0 aromatic rings. The molecule has 0 spiro atoms. The van der Waals surface area contributed by atoms with Crippen LogP contribution >= 0.6 is 70.8 Å². The number of nitrogens with zero attached hydrogens (tertiary/aromatic N) is 2. The lowest BCUT2D eigenvalue weighted by Crippen LogP contribution is -2.27. The van der Waals surface area contributed by atoms with Gasteiger partial charge in [-0.25, -0.2) is 3.63 Å². The monoisotopic (exact) mass is 352 g/mol. The highest BCUT2D eigenvalue weighted by molar-refractivity contribution is 8.22. The molecular formula is C8H14Cl2N2OS4. The van der Waals surface area contributed by atoms with E-state index >= 15 is 0 Å². The largest absolute Gasteiger partial charge is 0.267 e. The van der Waals surface area contributed by atoms with Crippen molar-refractivity contribution in [1.82, 2.24) is 9.80 Å². The molecule has 0 aromatic heterocycles. The molecule has 2 heterocycles. The number of halogens is 2. The van der Waals surface area contributed by atoms with E-state index in [2.05, 4.69) is 9.80 Å². The minimum absolute atomic E-state index is 0.113. The summed E-state index contributed by atoms with van der Waals surface area (Å²) in [6.07, 6.45) is 0. The molecule has 2 aliphatic heterocycles. The molecule has 4 atom stereocenters. The molecule has 3 nitrogen and oxygen atoms in total. The average Bonchev–Trinajstić information content (AvgIpc) is 2.79. The smallest absolute Gasteiger partial charge is 0.131 e. The van der Waals surface area contributed by atoms with Crippen molar-refractivity contribution < 1.29 is 3.63 Å². The topological polar surface area (TPSA) is 15.7 Å². The van der Waals surface area contributed by atoms with Crippen LogP contribution in [0.3, 0.4) is 0 Å². The van der Waals surface area contributed by atoms with Crippen molar-refractivity contribution in [2.75, 3.05) is 25.6 Å². The first-order valence-corrected chi connectivity index (χ1v) is 9.61. The Morgan fingerprint density at radius 3 is 1.71 bits per heavy atom. The molecule has 2 saturated heterocycles. The Kier molecular flexibility index (Phi) is 6.31. The fourth-order valence-corrected chi connectivity index (χ4v) is 6.93. The summed E-state index contributed by atoms with van der Waals surface area (Å²) in [5.41, 5.74) is 0.226. The lowest BCUT2D eigenvalue weighted by molar-refractivity contribution is 0.373. The van der Waals surface area contributed by atoms with Crippen LogP contribution in [0, 0.1) is 0 Å². The van der Waals surface area contributed by atoms with Gasteiger partial charge in [0.15, 0.2) is 0 Å². The Morgan fingerprint density at radius 2 is 1.41 bits per heavy atom. The Hall–Kier alpha value is 1.86. The zero-order valence-corrected chi connectivity index (χ0v) is 14.2. The second kappa shape index (κ2) is 7.04. The second-order valence-corrected chi connectivity index (χ2v) is 9.39. The van der Waals surface area contributed by atoms with Crippen LogP contribution in [-0.2, 0) is 3.63 Å². The van der Waals surface area contributed by atoms with E-state index in [-0.39, 0.29) is 20.4 Å². The Labute approximate surface area is 129 Å². The predicted molar refractivity (Wildman–Crippen MR) is 83.6 cm³/mol. The Bertz CT molecular complexity index is 242. The van der Waals surface area contributed by atoms with Gasteiger partial charge in [-0.05, 0) is 14.1 Å². The molecular weight excluding hydrogens is 339 g/mol. The highest BCUT2D eigenvalue weighted by Gasteiger charge is 2.33. The summed E-state index contributed by atoms with van der Waals surface area (Å²) in [4.78, 5) is 4.24. The number of hydrogen-bond donors (Lipinski definition) is 0. The summed E-state index contributed by atoms with van der Waals surface area (Å²) < 4.78 is 6.20. The van der Waals surface area contributed by atoms with Gasteiger partial charge in [0.2, 0.25) is 0 Å². The first-order chi connectivity index (χ1) is 8.09. The first-order valence-electron chi connectivity index (χ1n) is 5.03. The molecule has 0 saturated carbocycles. The normalized spacial score (nSPS) is 40.2. The molecule has 0 radical (unpaired) electrons. The van der Waals surface area contributed by atoms with Gasteiger partial charge in [0, 0.05) is 35.6 Å². The average molecular weight is 353 g/mol. The summed E-state index contributed by atoms with van der Waals surface area (Å²) >= 11 is 18.8. The zero-order valence-electron chi connectivity index (χ0n) is 9.42. The van der Waals surface area contributed by atoms with E-state index in [9.17, 15) is 0 Å². The highest BCUT2D eigenvalue weighted by Crippen LogP contribution is 2.43. The standard InChI is InChI=1S/C8H14Cl2N2OS4/c1-11-5(9)3-14-7(11)16-13-17-8-12(2)6(10)4-15-8/h5-8H,3-4H2,1-2H3. The number of rotatable bonds is 4. The van der Waals surface area contributed by atoms with E-state index in [0.717, 1.165) is 11.5 Å². The lowest BCUT2D eigenvalue weighted by atomic mass is 10.7. The molecule has 0 bridgehead atoms. The van der Waals surface area contributed by atoms with E-state index in [4.69, 9.17) is 26.8 Å². The van der Waals surface area contributed by atoms with Crippen LogP contribution in [0.5, 0.6) is 0 Å². The maximum Gasteiger partial charge on any atom is 0.131 e. The van der Waals surface area contributed by atoms with Crippen LogP contribution < -0.4 is 0 Å². The fourth-order valence-electron chi connectivity index (χ4n) is 1.34. The van der Waals surface area contributed by atoms with Gasteiger partial charge in [-0.3, -0.25) is 9.80 Å².